The molecule has 1 radical (unpaired) electrons. The van der Waals surface area contributed by atoms with Crippen LogP contribution in [0.5, 0.6) is 0 Å². The minimum atomic E-state index is -0.446. The van der Waals surface area contributed by atoms with Crippen molar-refractivity contribution in [3.63, 3.8) is 0 Å². The van der Waals surface area contributed by atoms with E-state index in [2.05, 4.69) is 116 Å². The maximum atomic E-state index is 4.26. The largest absolute Gasteiger partial charge is 0.0622 e. The summed E-state index contributed by atoms with van der Waals surface area (Å²) in [4.78, 5) is 0. The standard InChI is InChI=1S/C18H15P.C5H5.ClH.Ni/c1-4-10-16(11-5-1)19(17-12-6-2-7-13-17)18-14-8-3-9-15-18;1-2-4-5-3-1;;/h1-15H;1-5H;1H;/q;;;+1/p-1. The molecule has 0 unspecified atom stereocenters. The van der Waals surface area contributed by atoms with Crippen LogP contribution in [0.25, 0.3) is 0 Å². The predicted molar refractivity (Wildman–Crippen MR) is 114 cm³/mol. The Morgan fingerprint density at radius 3 is 1.00 bits per heavy atom. The summed E-state index contributed by atoms with van der Waals surface area (Å²) >= 11 is 3.35. The van der Waals surface area contributed by atoms with E-state index in [1.165, 1.54) is 15.9 Å². The third kappa shape index (κ3) is 6.58. The fourth-order valence-corrected chi connectivity index (χ4v) is 4.80. The molecular weight excluding hydrogens is 401 g/mol. The summed E-state index contributed by atoms with van der Waals surface area (Å²) in [5, 5.41) is 4.19. The number of allylic oxidation sites excluding steroid dienone is 4. The van der Waals surface area contributed by atoms with Gasteiger partial charge in [0.15, 0.2) is 0 Å². The molecule has 3 aromatic rings. The Hall–Kier alpha value is -1.65. The number of halogens is 1. The van der Waals surface area contributed by atoms with Gasteiger partial charge in [0, 0.05) is 6.42 Å². The molecule has 1 aliphatic carbocycles. The van der Waals surface area contributed by atoms with Gasteiger partial charge < -0.3 is 0 Å². The molecule has 0 aliphatic heterocycles. The molecule has 0 bridgehead atoms. The summed E-state index contributed by atoms with van der Waals surface area (Å²) in [6, 6.07) is 32.3. The van der Waals surface area contributed by atoms with E-state index < -0.39 is 7.92 Å². The molecule has 3 heteroatoms. The van der Waals surface area contributed by atoms with E-state index in [1.54, 1.807) is 0 Å². The van der Waals surface area contributed by atoms with E-state index in [4.69, 9.17) is 0 Å². The maximum Gasteiger partial charge on any atom is -0.0134 e. The topological polar surface area (TPSA) is 0 Å². The van der Waals surface area contributed by atoms with Gasteiger partial charge >= 0.3 is 24.8 Å². The Morgan fingerprint density at radius 2 is 0.769 bits per heavy atom. The fourth-order valence-electron chi connectivity index (χ4n) is 2.50. The Balaban J connectivity index is 0.000000295. The van der Waals surface area contributed by atoms with Gasteiger partial charge in [-0.2, -0.15) is 0 Å². The van der Waals surface area contributed by atoms with Gasteiger partial charge in [-0.25, -0.2) is 0 Å². The zero-order chi connectivity index (χ0) is 18.5. The molecule has 3 aromatic carbocycles. The predicted octanol–water partition coefficient (Wildman–Crippen LogP) is 5.45. The van der Waals surface area contributed by atoms with Crippen LogP contribution in [0.2, 0.25) is 0 Å². The van der Waals surface area contributed by atoms with Crippen LogP contribution in [0.3, 0.4) is 0 Å². The molecule has 0 aromatic heterocycles. The third-order valence-electron chi connectivity index (χ3n) is 3.60. The second kappa shape index (κ2) is 12.7. The van der Waals surface area contributed by atoms with Crippen LogP contribution in [-0.2, 0) is 14.6 Å². The SMILES string of the molecule is [CH]1C=CC=C1.[Cl][Ni].c1ccc(P(c2ccccc2)c2ccccc2)cc1. The van der Waals surface area contributed by atoms with Crippen LogP contribution < -0.4 is 15.9 Å². The van der Waals surface area contributed by atoms with E-state index in [0.29, 0.717) is 0 Å². The molecule has 4 rings (SSSR count). The van der Waals surface area contributed by atoms with E-state index in [1.807, 2.05) is 30.7 Å². The summed E-state index contributed by atoms with van der Waals surface area (Å²) in [5.74, 6) is 0. The smallest absolute Gasteiger partial charge is 0.0134 e. The van der Waals surface area contributed by atoms with Gasteiger partial charge in [-0.1, -0.05) is 115 Å². The van der Waals surface area contributed by atoms with Crippen molar-refractivity contribution < 1.29 is 14.6 Å². The summed E-state index contributed by atoms with van der Waals surface area (Å²) in [6.45, 7) is 0. The van der Waals surface area contributed by atoms with Crippen molar-refractivity contribution in [2.45, 2.75) is 0 Å². The minimum Gasteiger partial charge on any atom is -0.0622 e. The number of hydrogen-bond donors (Lipinski definition) is 0. The summed E-state index contributed by atoms with van der Waals surface area (Å²) in [7, 11) is 3.82. The Bertz CT molecular complexity index is 682. The van der Waals surface area contributed by atoms with Crippen molar-refractivity contribution in [3.05, 3.63) is 122 Å². The molecular formula is C23H20ClNiP. The van der Waals surface area contributed by atoms with Crippen LogP contribution in [0.4, 0.5) is 0 Å². The minimum absolute atomic E-state index is 0.446. The van der Waals surface area contributed by atoms with E-state index in [-0.39, 0.29) is 0 Å². The first kappa shape index (κ1) is 20.7. The van der Waals surface area contributed by atoms with E-state index in [9.17, 15) is 0 Å². The summed E-state index contributed by atoms with van der Waals surface area (Å²) in [5.41, 5.74) is 0. The molecule has 0 spiro atoms. The van der Waals surface area contributed by atoms with Crippen LogP contribution in [0.15, 0.2) is 115 Å². The van der Waals surface area contributed by atoms with E-state index in [0.717, 1.165) is 0 Å². The van der Waals surface area contributed by atoms with Gasteiger partial charge in [0.1, 0.15) is 0 Å². The number of rotatable bonds is 3. The maximum absolute atomic E-state index is 4.26. The number of hydrogen-bond acceptors (Lipinski definition) is 0. The van der Waals surface area contributed by atoms with Gasteiger partial charge in [0.2, 0.25) is 0 Å². The van der Waals surface area contributed by atoms with Crippen molar-refractivity contribution in [2.75, 3.05) is 0 Å². The van der Waals surface area contributed by atoms with Crippen LogP contribution in [0.1, 0.15) is 0 Å². The molecule has 0 fully saturated rings. The molecule has 26 heavy (non-hydrogen) atoms. The van der Waals surface area contributed by atoms with Gasteiger partial charge in [0.25, 0.3) is 0 Å². The van der Waals surface area contributed by atoms with Crippen molar-refractivity contribution in [1.29, 1.82) is 0 Å². The molecule has 0 heterocycles. The molecule has 0 saturated carbocycles. The van der Waals surface area contributed by atoms with Crippen molar-refractivity contribution in [3.8, 4) is 0 Å². The second-order valence-electron chi connectivity index (χ2n) is 5.30. The summed E-state index contributed by atoms with van der Waals surface area (Å²) in [6.07, 6.45) is 10.0. The molecule has 0 N–H and O–H groups in total. The Labute approximate surface area is 170 Å². The van der Waals surface area contributed by atoms with Crippen LogP contribution >= 0.6 is 18.1 Å². The quantitative estimate of drug-likeness (QED) is 0.390. The zero-order valence-corrected chi connectivity index (χ0v) is 16.8. The monoisotopic (exact) mass is 420 g/mol. The molecule has 1 aliphatic rings. The molecule has 0 saturated heterocycles. The average Bonchev–Trinajstić information content (AvgIpc) is 3.33. The van der Waals surface area contributed by atoms with Crippen LogP contribution in [-0.4, -0.2) is 0 Å². The first-order chi connectivity index (χ1) is 12.9. The van der Waals surface area contributed by atoms with Gasteiger partial charge in [-0.05, 0) is 23.8 Å². The Kier molecular flexibility index (Phi) is 10.1. The van der Waals surface area contributed by atoms with Crippen molar-refractivity contribution >= 4 is 34.0 Å². The third-order valence-corrected chi connectivity index (χ3v) is 6.04. The Morgan fingerprint density at radius 1 is 0.462 bits per heavy atom. The van der Waals surface area contributed by atoms with Crippen molar-refractivity contribution in [2.24, 2.45) is 0 Å². The van der Waals surface area contributed by atoms with E-state index >= 15 is 0 Å². The first-order valence-electron chi connectivity index (χ1n) is 8.19. The van der Waals surface area contributed by atoms with Crippen molar-refractivity contribution in [1.82, 2.24) is 0 Å². The van der Waals surface area contributed by atoms with Gasteiger partial charge in [-0.15, -0.1) is 0 Å². The van der Waals surface area contributed by atoms with Crippen LogP contribution in [0, 0.1) is 6.42 Å². The first-order valence-corrected chi connectivity index (χ1v) is 10.9. The average molecular weight is 422 g/mol. The molecule has 0 nitrogen and oxygen atoms in total. The van der Waals surface area contributed by atoms with Gasteiger partial charge in [-0.3, -0.25) is 0 Å². The molecule has 134 valence electrons. The number of benzene rings is 3. The van der Waals surface area contributed by atoms with Gasteiger partial charge in [0.05, 0.1) is 0 Å². The zero-order valence-electron chi connectivity index (χ0n) is 14.2. The molecule has 0 amide bonds. The normalized spacial score (nSPS) is 11.4. The fraction of sp³-hybridized carbons (Fsp3) is 0. The summed E-state index contributed by atoms with van der Waals surface area (Å²) < 4.78 is 0. The second-order valence-corrected chi connectivity index (χ2v) is 7.52. The molecule has 0 atom stereocenters.